The van der Waals surface area contributed by atoms with Crippen LogP contribution in [-0.4, -0.2) is 30.8 Å². The van der Waals surface area contributed by atoms with Crippen molar-refractivity contribution in [2.24, 2.45) is 40.4 Å². The van der Waals surface area contributed by atoms with Crippen molar-refractivity contribution in [2.75, 3.05) is 7.11 Å². The monoisotopic (exact) mass is 450 g/mol. The average Bonchev–Trinajstić information content (AvgIpc) is 3.03. The number of methoxy groups -OCH3 is 1. The van der Waals surface area contributed by atoms with E-state index < -0.39 is 5.67 Å². The Bertz CT molecular complexity index is 739. The van der Waals surface area contributed by atoms with Crippen molar-refractivity contribution in [1.29, 1.82) is 0 Å². The van der Waals surface area contributed by atoms with Crippen molar-refractivity contribution in [2.45, 2.75) is 110 Å². The highest BCUT2D eigenvalue weighted by Gasteiger charge is 2.66. The number of hydrogen-bond acceptors (Lipinski definition) is 4. The van der Waals surface area contributed by atoms with E-state index in [9.17, 15) is 9.59 Å². The molecule has 0 saturated heterocycles. The summed E-state index contributed by atoms with van der Waals surface area (Å²) in [4.78, 5) is 23.1. The minimum absolute atomic E-state index is 0.0802. The molecule has 9 atom stereocenters. The summed E-state index contributed by atoms with van der Waals surface area (Å²) in [5.41, 5.74) is -1.19. The molecular weight excluding hydrogens is 407 g/mol. The number of hydrogen-bond donors (Lipinski definition) is 0. The number of carbonyl (C=O) groups is 2. The van der Waals surface area contributed by atoms with Gasteiger partial charge in [-0.25, -0.2) is 4.39 Å². The number of ether oxygens (including phenoxy) is 2. The summed E-state index contributed by atoms with van der Waals surface area (Å²) < 4.78 is 27.1. The minimum Gasteiger partial charge on any atom is -0.469 e. The predicted octanol–water partition coefficient (Wildman–Crippen LogP) is 6.26. The van der Waals surface area contributed by atoms with Gasteiger partial charge in [-0.1, -0.05) is 20.8 Å². The van der Waals surface area contributed by atoms with E-state index in [1.807, 2.05) is 6.92 Å². The fourth-order valence-electron chi connectivity index (χ4n) is 9.05. The first-order valence-electron chi connectivity index (χ1n) is 13.0. The highest BCUT2D eigenvalue weighted by Crippen LogP contribution is 2.70. The fraction of sp³-hybridized carbons (Fsp3) is 0.926. The molecule has 0 aromatic carbocycles. The third-order valence-corrected chi connectivity index (χ3v) is 10.9. The largest absolute Gasteiger partial charge is 0.469 e. The molecule has 4 fully saturated rings. The molecule has 4 rings (SSSR count). The minimum atomic E-state index is -1.19. The molecule has 32 heavy (non-hydrogen) atoms. The molecular formula is C27H43FO4. The molecule has 0 aromatic rings. The van der Waals surface area contributed by atoms with Gasteiger partial charge in [0.25, 0.3) is 0 Å². The van der Waals surface area contributed by atoms with Crippen LogP contribution in [0, 0.1) is 40.4 Å². The molecule has 0 amide bonds. The second-order valence-electron chi connectivity index (χ2n) is 12.0. The number of alkyl halides is 1. The van der Waals surface area contributed by atoms with E-state index in [1.54, 1.807) is 0 Å². The van der Waals surface area contributed by atoms with Crippen LogP contribution in [0.15, 0.2) is 0 Å². The van der Waals surface area contributed by atoms with Gasteiger partial charge in [-0.2, -0.15) is 0 Å². The van der Waals surface area contributed by atoms with Gasteiger partial charge in [-0.15, -0.1) is 0 Å². The number of fused-ring (bicyclic) bond motifs is 5. The summed E-state index contributed by atoms with van der Waals surface area (Å²) in [5, 5.41) is 0. The molecule has 4 nitrogen and oxygen atoms in total. The molecule has 0 N–H and O–H groups in total. The third kappa shape index (κ3) is 3.70. The van der Waals surface area contributed by atoms with Crippen molar-refractivity contribution < 1.29 is 23.5 Å². The van der Waals surface area contributed by atoms with Gasteiger partial charge in [0.15, 0.2) is 0 Å². The molecule has 0 aliphatic heterocycles. The molecule has 4 aliphatic rings. The number of esters is 2. The summed E-state index contributed by atoms with van der Waals surface area (Å²) in [6, 6.07) is 0. The molecule has 4 saturated carbocycles. The number of carbonyl (C=O) groups excluding carboxylic acids is 2. The van der Waals surface area contributed by atoms with Crippen LogP contribution in [0.5, 0.6) is 0 Å². The highest BCUT2D eigenvalue weighted by atomic mass is 19.1. The molecule has 0 aromatic heterocycles. The van der Waals surface area contributed by atoms with Gasteiger partial charge in [0.2, 0.25) is 0 Å². The van der Waals surface area contributed by atoms with Crippen LogP contribution >= 0.6 is 0 Å². The van der Waals surface area contributed by atoms with E-state index in [-0.39, 0.29) is 29.4 Å². The first-order chi connectivity index (χ1) is 15.0. The molecule has 0 bridgehead atoms. The summed E-state index contributed by atoms with van der Waals surface area (Å²) in [6.45, 7) is 8.23. The summed E-state index contributed by atoms with van der Waals surface area (Å²) >= 11 is 0. The van der Waals surface area contributed by atoms with Crippen LogP contribution in [0.25, 0.3) is 0 Å². The number of rotatable bonds is 5. The SMILES string of the molecule is COC(=O)CC[C@@H](C)[C@@]1(F)CC[C@H]2[C@@H]3CC[C@@H]4C[C@H](OC(C)=O)CC[C@]4(C)[C@H]3CC[C@@]21C. The maximum atomic E-state index is 16.7. The highest BCUT2D eigenvalue weighted by molar-refractivity contribution is 5.69. The van der Waals surface area contributed by atoms with Crippen LogP contribution in [0.1, 0.15) is 98.3 Å². The maximum Gasteiger partial charge on any atom is 0.305 e. The zero-order chi connectivity index (χ0) is 23.3. The van der Waals surface area contributed by atoms with Crippen molar-refractivity contribution in [3.8, 4) is 0 Å². The summed E-state index contributed by atoms with van der Waals surface area (Å²) in [7, 11) is 1.41. The molecule has 5 heteroatoms. The van der Waals surface area contributed by atoms with E-state index in [2.05, 4.69) is 13.8 Å². The molecule has 0 radical (unpaired) electrons. The van der Waals surface area contributed by atoms with Gasteiger partial charge < -0.3 is 9.47 Å². The first-order valence-corrected chi connectivity index (χ1v) is 13.0. The lowest BCUT2D eigenvalue weighted by Gasteiger charge is -2.61. The normalized spacial score (nSPS) is 46.4. The zero-order valence-electron chi connectivity index (χ0n) is 20.8. The van der Waals surface area contributed by atoms with E-state index in [4.69, 9.17) is 9.47 Å². The van der Waals surface area contributed by atoms with Crippen LogP contribution in [-0.2, 0) is 19.1 Å². The van der Waals surface area contributed by atoms with Gasteiger partial charge in [-0.05, 0) is 99.2 Å². The van der Waals surface area contributed by atoms with Crippen molar-refractivity contribution in [3.05, 3.63) is 0 Å². The van der Waals surface area contributed by atoms with Crippen LogP contribution in [0.3, 0.4) is 0 Å². The smallest absolute Gasteiger partial charge is 0.305 e. The lowest BCUT2D eigenvalue weighted by atomic mass is 9.44. The van der Waals surface area contributed by atoms with Crippen LogP contribution in [0.2, 0.25) is 0 Å². The second kappa shape index (κ2) is 8.58. The number of halogens is 1. The van der Waals surface area contributed by atoms with Crippen molar-refractivity contribution >= 4 is 11.9 Å². The molecule has 0 heterocycles. The van der Waals surface area contributed by atoms with Crippen molar-refractivity contribution in [3.63, 3.8) is 0 Å². The average molecular weight is 451 g/mol. The van der Waals surface area contributed by atoms with E-state index in [1.165, 1.54) is 26.9 Å². The quantitative estimate of drug-likeness (QED) is 0.464. The molecule has 182 valence electrons. The Labute approximate surface area is 193 Å². The summed E-state index contributed by atoms with van der Waals surface area (Å²) in [6.07, 6.45) is 10.1. The fourth-order valence-corrected chi connectivity index (χ4v) is 9.05. The Balaban J connectivity index is 1.49. The van der Waals surface area contributed by atoms with Gasteiger partial charge >= 0.3 is 11.9 Å². The van der Waals surface area contributed by atoms with E-state index in [0.717, 1.165) is 38.5 Å². The lowest BCUT2D eigenvalue weighted by molar-refractivity contribution is -0.166. The van der Waals surface area contributed by atoms with E-state index >= 15 is 4.39 Å². The van der Waals surface area contributed by atoms with Gasteiger partial charge in [-0.3, -0.25) is 9.59 Å². The predicted molar refractivity (Wildman–Crippen MR) is 122 cm³/mol. The Morgan fingerprint density at radius 2 is 1.75 bits per heavy atom. The Hall–Kier alpha value is -1.13. The van der Waals surface area contributed by atoms with E-state index in [0.29, 0.717) is 48.3 Å². The van der Waals surface area contributed by atoms with Gasteiger partial charge in [0.05, 0.1) is 7.11 Å². The molecule has 0 unspecified atom stereocenters. The second-order valence-corrected chi connectivity index (χ2v) is 12.0. The Kier molecular flexibility index (Phi) is 6.44. The third-order valence-electron chi connectivity index (χ3n) is 10.9. The zero-order valence-corrected chi connectivity index (χ0v) is 20.8. The van der Waals surface area contributed by atoms with Gasteiger partial charge in [0, 0.05) is 18.8 Å². The Morgan fingerprint density at radius 1 is 1.03 bits per heavy atom. The summed E-state index contributed by atoms with van der Waals surface area (Å²) in [5.74, 6) is 1.79. The lowest BCUT2D eigenvalue weighted by Crippen LogP contribution is -2.57. The standard InChI is InChI=1S/C27H43FO4/c1-17(6-9-24(30)31-5)27(28)15-12-23-21-8-7-19-16-20(32-18(2)29)10-13-25(19,3)22(21)11-14-26(23,27)4/h17,19-23H,6-16H2,1-5H3/t17-,19-,20-,21-,22+,23+,25+,26+,27+/m1/s1. The molecule has 0 spiro atoms. The molecule has 4 aliphatic carbocycles. The van der Waals surface area contributed by atoms with Crippen LogP contribution in [0.4, 0.5) is 4.39 Å². The first kappa shape index (κ1) is 24.0. The van der Waals surface area contributed by atoms with Gasteiger partial charge in [0.1, 0.15) is 11.8 Å². The Morgan fingerprint density at radius 3 is 2.44 bits per heavy atom. The maximum absolute atomic E-state index is 16.7. The topological polar surface area (TPSA) is 52.6 Å². The van der Waals surface area contributed by atoms with Crippen LogP contribution < -0.4 is 0 Å². The van der Waals surface area contributed by atoms with Crippen molar-refractivity contribution in [1.82, 2.24) is 0 Å².